The molecule has 3 aromatic rings. The van der Waals surface area contributed by atoms with Crippen LogP contribution in [0.3, 0.4) is 0 Å². The van der Waals surface area contributed by atoms with E-state index in [2.05, 4.69) is 15.1 Å². The van der Waals surface area contributed by atoms with Crippen LogP contribution < -0.4 is 0 Å². The largest absolute Gasteiger partial charge is 0.237 e. The van der Waals surface area contributed by atoms with Crippen molar-refractivity contribution in [3.05, 3.63) is 47.8 Å². The highest BCUT2D eigenvalue weighted by atomic mass is 35.5. The smallest absolute Gasteiger partial charge is 0.231 e. The summed E-state index contributed by atoms with van der Waals surface area (Å²) < 4.78 is 14.6. The molecular weight excluding hydrogens is 243 g/mol. The number of rotatable bonds is 1. The molecule has 0 unspecified atom stereocenters. The molecule has 0 saturated carbocycles. The first-order valence-corrected chi connectivity index (χ1v) is 5.23. The van der Waals surface area contributed by atoms with Crippen LogP contribution in [0.1, 0.15) is 0 Å². The van der Waals surface area contributed by atoms with Crippen LogP contribution in [-0.4, -0.2) is 19.6 Å². The highest BCUT2D eigenvalue weighted by molar-refractivity contribution is 6.30. The number of hydrogen-bond acceptors (Lipinski definition) is 3. The van der Waals surface area contributed by atoms with Gasteiger partial charge in [0.05, 0.1) is 16.9 Å². The minimum atomic E-state index is -0.679. The first-order chi connectivity index (χ1) is 8.25. The maximum Gasteiger partial charge on any atom is 0.231 e. The standard InChI is InChI=1S/C11H6ClFN4/c12-8-5-7(6-15-11(8)13)9-1-3-14-10-2-4-16-17(9)10/h1-6H. The molecule has 0 aliphatic carbocycles. The molecule has 0 aliphatic rings. The quantitative estimate of drug-likeness (QED) is 0.622. The minimum absolute atomic E-state index is 0.0142. The molecule has 0 amide bonds. The monoisotopic (exact) mass is 248 g/mol. The molecule has 3 aromatic heterocycles. The Hall–Kier alpha value is -2.01. The summed E-state index contributed by atoms with van der Waals surface area (Å²) in [5.74, 6) is -0.679. The average molecular weight is 249 g/mol. The Balaban J connectivity index is 2.26. The highest BCUT2D eigenvalue weighted by Gasteiger charge is 2.08. The molecular formula is C11H6ClFN4. The first-order valence-electron chi connectivity index (χ1n) is 4.86. The van der Waals surface area contributed by atoms with Crippen molar-refractivity contribution in [1.82, 2.24) is 19.6 Å². The number of nitrogens with zero attached hydrogens (tertiary/aromatic N) is 4. The van der Waals surface area contributed by atoms with Gasteiger partial charge in [-0.3, -0.25) is 0 Å². The lowest BCUT2D eigenvalue weighted by Gasteiger charge is -2.04. The van der Waals surface area contributed by atoms with Gasteiger partial charge in [0, 0.05) is 24.0 Å². The van der Waals surface area contributed by atoms with Crippen LogP contribution in [0.2, 0.25) is 5.02 Å². The lowest BCUT2D eigenvalue weighted by molar-refractivity contribution is 0.584. The summed E-state index contributed by atoms with van der Waals surface area (Å²) in [7, 11) is 0. The summed E-state index contributed by atoms with van der Waals surface area (Å²) in [6.45, 7) is 0. The maximum absolute atomic E-state index is 13.0. The zero-order valence-electron chi connectivity index (χ0n) is 8.51. The predicted octanol–water partition coefficient (Wildman–Crippen LogP) is 2.58. The number of fused-ring (bicyclic) bond motifs is 1. The van der Waals surface area contributed by atoms with E-state index >= 15 is 0 Å². The third-order valence-corrected chi connectivity index (χ3v) is 2.65. The summed E-state index contributed by atoms with van der Waals surface area (Å²) in [6.07, 6.45) is 4.71. The molecule has 0 fully saturated rings. The Morgan fingerprint density at radius 2 is 2.06 bits per heavy atom. The molecule has 3 heterocycles. The lowest BCUT2D eigenvalue weighted by Crippen LogP contribution is -1.96. The van der Waals surface area contributed by atoms with Crippen LogP contribution in [0.4, 0.5) is 4.39 Å². The Morgan fingerprint density at radius 1 is 1.18 bits per heavy atom. The Morgan fingerprint density at radius 3 is 2.88 bits per heavy atom. The molecule has 0 aromatic carbocycles. The van der Waals surface area contributed by atoms with Crippen molar-refractivity contribution >= 4 is 17.2 Å². The van der Waals surface area contributed by atoms with Crippen molar-refractivity contribution < 1.29 is 4.39 Å². The summed E-state index contributed by atoms with van der Waals surface area (Å²) in [5.41, 5.74) is 2.16. The van der Waals surface area contributed by atoms with Crippen LogP contribution in [0.15, 0.2) is 36.8 Å². The van der Waals surface area contributed by atoms with E-state index in [1.54, 1.807) is 29.0 Å². The van der Waals surface area contributed by atoms with Gasteiger partial charge >= 0.3 is 0 Å². The molecule has 0 radical (unpaired) electrons. The lowest BCUT2D eigenvalue weighted by atomic mass is 10.2. The van der Waals surface area contributed by atoms with Gasteiger partial charge in [0.25, 0.3) is 0 Å². The molecule has 3 rings (SSSR count). The summed E-state index contributed by atoms with van der Waals surface area (Å²) in [4.78, 5) is 7.73. The zero-order valence-corrected chi connectivity index (χ0v) is 9.26. The van der Waals surface area contributed by atoms with Crippen molar-refractivity contribution in [3.8, 4) is 11.3 Å². The van der Waals surface area contributed by atoms with E-state index in [0.717, 1.165) is 5.69 Å². The fraction of sp³-hybridized carbons (Fsp3) is 0. The summed E-state index contributed by atoms with van der Waals surface area (Å²) in [5, 5.41) is 4.12. The topological polar surface area (TPSA) is 43.1 Å². The normalized spacial score (nSPS) is 10.9. The Labute approximate surface area is 101 Å². The SMILES string of the molecule is Fc1ncc(-c2ccnc3ccnn23)cc1Cl. The van der Waals surface area contributed by atoms with E-state index in [4.69, 9.17) is 11.6 Å². The van der Waals surface area contributed by atoms with Gasteiger partial charge in [-0.25, -0.2) is 14.5 Å². The molecule has 0 N–H and O–H groups in total. The van der Waals surface area contributed by atoms with Crippen LogP contribution >= 0.6 is 11.6 Å². The number of pyridine rings is 1. The molecule has 0 atom stereocenters. The van der Waals surface area contributed by atoms with Gasteiger partial charge in [-0.15, -0.1) is 0 Å². The van der Waals surface area contributed by atoms with Crippen molar-refractivity contribution in [2.45, 2.75) is 0 Å². The van der Waals surface area contributed by atoms with Gasteiger partial charge in [-0.2, -0.15) is 9.49 Å². The van der Waals surface area contributed by atoms with E-state index in [1.165, 1.54) is 12.3 Å². The second kappa shape index (κ2) is 3.78. The predicted molar refractivity (Wildman–Crippen MR) is 61.2 cm³/mol. The molecule has 0 saturated heterocycles. The molecule has 0 aliphatic heterocycles. The number of halogens is 2. The van der Waals surface area contributed by atoms with E-state index in [1.807, 2.05) is 0 Å². The van der Waals surface area contributed by atoms with Gasteiger partial charge in [0.15, 0.2) is 5.65 Å². The van der Waals surface area contributed by atoms with Crippen LogP contribution in [0.5, 0.6) is 0 Å². The number of hydrogen-bond donors (Lipinski definition) is 0. The second-order valence-corrected chi connectivity index (χ2v) is 3.84. The molecule has 4 nitrogen and oxygen atoms in total. The van der Waals surface area contributed by atoms with Gasteiger partial charge < -0.3 is 0 Å². The van der Waals surface area contributed by atoms with Crippen molar-refractivity contribution in [2.75, 3.05) is 0 Å². The fourth-order valence-corrected chi connectivity index (χ4v) is 1.78. The summed E-state index contributed by atoms with van der Waals surface area (Å²) >= 11 is 5.71. The van der Waals surface area contributed by atoms with E-state index in [9.17, 15) is 4.39 Å². The first kappa shape index (κ1) is 10.2. The Bertz CT molecular complexity index is 695. The molecule has 84 valence electrons. The van der Waals surface area contributed by atoms with E-state index < -0.39 is 5.95 Å². The fourth-order valence-electron chi connectivity index (χ4n) is 1.61. The number of aromatic nitrogens is 4. The van der Waals surface area contributed by atoms with E-state index in [-0.39, 0.29) is 5.02 Å². The average Bonchev–Trinajstić information content (AvgIpc) is 2.80. The van der Waals surface area contributed by atoms with Crippen LogP contribution in [0.25, 0.3) is 16.9 Å². The van der Waals surface area contributed by atoms with Gasteiger partial charge in [0.1, 0.15) is 0 Å². The van der Waals surface area contributed by atoms with Crippen molar-refractivity contribution in [1.29, 1.82) is 0 Å². The third-order valence-electron chi connectivity index (χ3n) is 2.38. The Kier molecular flexibility index (Phi) is 2.26. The van der Waals surface area contributed by atoms with Crippen molar-refractivity contribution in [3.63, 3.8) is 0 Å². The second-order valence-electron chi connectivity index (χ2n) is 3.43. The van der Waals surface area contributed by atoms with Crippen LogP contribution in [0, 0.1) is 5.95 Å². The highest BCUT2D eigenvalue weighted by Crippen LogP contribution is 2.22. The van der Waals surface area contributed by atoms with Gasteiger partial charge in [0.2, 0.25) is 5.95 Å². The summed E-state index contributed by atoms with van der Waals surface area (Å²) in [6, 6.07) is 5.06. The molecule has 0 spiro atoms. The zero-order chi connectivity index (χ0) is 11.8. The van der Waals surface area contributed by atoms with E-state index in [0.29, 0.717) is 11.2 Å². The van der Waals surface area contributed by atoms with Gasteiger partial charge in [-0.05, 0) is 12.1 Å². The molecule has 17 heavy (non-hydrogen) atoms. The minimum Gasteiger partial charge on any atom is -0.237 e. The third kappa shape index (κ3) is 1.64. The maximum atomic E-state index is 13.0. The van der Waals surface area contributed by atoms with Crippen molar-refractivity contribution in [2.24, 2.45) is 0 Å². The molecule has 0 bridgehead atoms. The molecule has 6 heteroatoms. The van der Waals surface area contributed by atoms with Gasteiger partial charge in [-0.1, -0.05) is 11.6 Å². The van der Waals surface area contributed by atoms with Crippen LogP contribution in [-0.2, 0) is 0 Å².